The largest absolute Gasteiger partial charge is 0.489 e. The molecule has 19 heavy (non-hydrogen) atoms. The quantitative estimate of drug-likeness (QED) is 0.852. The van der Waals surface area contributed by atoms with Crippen molar-refractivity contribution >= 4 is 17.5 Å². The molecular weight excluding hydrogens is 244 g/mol. The van der Waals surface area contributed by atoms with E-state index in [0.29, 0.717) is 17.9 Å². The third-order valence-electron chi connectivity index (χ3n) is 2.71. The summed E-state index contributed by atoms with van der Waals surface area (Å²) in [6.45, 7) is 1.28. The van der Waals surface area contributed by atoms with Crippen molar-refractivity contribution in [2.75, 3.05) is 23.8 Å². The van der Waals surface area contributed by atoms with Crippen molar-refractivity contribution in [2.24, 2.45) is 0 Å². The molecule has 3 rings (SSSR count). The van der Waals surface area contributed by atoms with Crippen molar-refractivity contribution in [3.8, 4) is 5.75 Å². The minimum atomic E-state index is -0.285. The van der Waals surface area contributed by atoms with E-state index < -0.39 is 0 Å². The van der Waals surface area contributed by atoms with Gasteiger partial charge in [-0.3, -0.25) is 10.1 Å². The van der Waals surface area contributed by atoms with E-state index in [1.54, 1.807) is 30.6 Å². The van der Waals surface area contributed by atoms with Gasteiger partial charge in [0.15, 0.2) is 5.75 Å². The van der Waals surface area contributed by atoms with Crippen molar-refractivity contribution in [1.29, 1.82) is 0 Å². The molecule has 1 aliphatic rings. The Kier molecular flexibility index (Phi) is 2.97. The lowest BCUT2D eigenvalue weighted by atomic mass is 10.1. The molecule has 0 radical (unpaired) electrons. The third kappa shape index (κ3) is 2.33. The fraction of sp³-hybridized carbons (Fsp3) is 0.154. The summed E-state index contributed by atoms with van der Waals surface area (Å²) in [4.78, 5) is 20.1. The first kappa shape index (κ1) is 11.5. The first-order valence-corrected chi connectivity index (χ1v) is 5.92. The summed E-state index contributed by atoms with van der Waals surface area (Å²) in [7, 11) is 0. The predicted molar refractivity (Wildman–Crippen MR) is 70.4 cm³/mol. The van der Waals surface area contributed by atoms with Crippen LogP contribution in [0.4, 0.5) is 11.6 Å². The second-order valence-electron chi connectivity index (χ2n) is 3.98. The van der Waals surface area contributed by atoms with E-state index in [9.17, 15) is 4.79 Å². The summed E-state index contributed by atoms with van der Waals surface area (Å²) in [5, 5.41) is 5.82. The highest BCUT2D eigenvalue weighted by molar-refractivity contribution is 6.06. The number of nitrogens with zero attached hydrogens (tertiary/aromatic N) is 2. The molecule has 0 bridgehead atoms. The molecular formula is C13H12N4O2. The van der Waals surface area contributed by atoms with Crippen molar-refractivity contribution in [1.82, 2.24) is 9.97 Å². The molecule has 96 valence electrons. The van der Waals surface area contributed by atoms with Crippen LogP contribution in [-0.2, 0) is 0 Å². The summed E-state index contributed by atoms with van der Waals surface area (Å²) < 4.78 is 5.55. The summed E-state index contributed by atoms with van der Waals surface area (Å²) in [5.41, 5.74) is 1.30. The summed E-state index contributed by atoms with van der Waals surface area (Å²) in [5.74, 6) is 0.558. The van der Waals surface area contributed by atoms with E-state index in [0.717, 1.165) is 12.2 Å². The van der Waals surface area contributed by atoms with Gasteiger partial charge in [0.2, 0.25) is 5.95 Å². The number of anilines is 2. The molecule has 6 heteroatoms. The molecule has 1 aromatic carbocycles. The standard InChI is InChI=1S/C13H12N4O2/c18-12(17-13-15-5-2-6-16-13)9-3-1-4-10-11(9)19-8-7-14-10/h1-6,14H,7-8H2,(H,15,16,17,18). The van der Waals surface area contributed by atoms with Crippen molar-refractivity contribution in [3.05, 3.63) is 42.2 Å². The van der Waals surface area contributed by atoms with Gasteiger partial charge in [-0.1, -0.05) is 6.07 Å². The lowest BCUT2D eigenvalue weighted by Gasteiger charge is -2.21. The molecule has 2 aromatic rings. The molecule has 0 saturated heterocycles. The van der Waals surface area contributed by atoms with Crippen LogP contribution in [0, 0.1) is 0 Å². The molecule has 0 saturated carbocycles. The molecule has 0 unspecified atom stereocenters. The Hall–Kier alpha value is -2.63. The average Bonchev–Trinajstić information content (AvgIpc) is 2.47. The lowest BCUT2D eigenvalue weighted by Crippen LogP contribution is -2.22. The number of carbonyl (C=O) groups is 1. The predicted octanol–water partition coefficient (Wildman–Crippen LogP) is 1.53. The van der Waals surface area contributed by atoms with E-state index in [1.165, 1.54) is 0 Å². The molecule has 2 N–H and O–H groups in total. The monoisotopic (exact) mass is 256 g/mol. The topological polar surface area (TPSA) is 76.1 Å². The van der Waals surface area contributed by atoms with Crippen LogP contribution in [0.3, 0.4) is 0 Å². The van der Waals surface area contributed by atoms with Gasteiger partial charge in [0.25, 0.3) is 5.91 Å². The van der Waals surface area contributed by atoms with Crippen molar-refractivity contribution < 1.29 is 9.53 Å². The highest BCUT2D eigenvalue weighted by atomic mass is 16.5. The summed E-state index contributed by atoms with van der Waals surface area (Å²) in [6.07, 6.45) is 3.14. The Morgan fingerprint density at radius 2 is 2.11 bits per heavy atom. The number of hydrogen-bond donors (Lipinski definition) is 2. The van der Waals surface area contributed by atoms with E-state index in [-0.39, 0.29) is 11.9 Å². The van der Waals surface area contributed by atoms with Crippen LogP contribution < -0.4 is 15.4 Å². The fourth-order valence-electron chi connectivity index (χ4n) is 1.88. The first-order chi connectivity index (χ1) is 9.34. The van der Waals surface area contributed by atoms with E-state index in [2.05, 4.69) is 20.6 Å². The number of nitrogens with one attached hydrogen (secondary N) is 2. The smallest absolute Gasteiger partial charge is 0.261 e. The van der Waals surface area contributed by atoms with E-state index in [1.807, 2.05) is 6.07 Å². The number of carbonyl (C=O) groups excluding carboxylic acids is 1. The van der Waals surface area contributed by atoms with E-state index >= 15 is 0 Å². The highest BCUT2D eigenvalue weighted by Crippen LogP contribution is 2.31. The average molecular weight is 256 g/mol. The zero-order chi connectivity index (χ0) is 13.1. The zero-order valence-electron chi connectivity index (χ0n) is 10.1. The zero-order valence-corrected chi connectivity index (χ0v) is 10.1. The minimum absolute atomic E-state index is 0.272. The van der Waals surface area contributed by atoms with Gasteiger partial charge in [0.05, 0.1) is 11.3 Å². The maximum Gasteiger partial charge on any atom is 0.261 e. The number of rotatable bonds is 2. The van der Waals surface area contributed by atoms with Crippen LogP contribution >= 0.6 is 0 Å². The number of benzene rings is 1. The second-order valence-corrected chi connectivity index (χ2v) is 3.98. The van der Waals surface area contributed by atoms with Crippen LogP contribution in [0.25, 0.3) is 0 Å². The van der Waals surface area contributed by atoms with Gasteiger partial charge < -0.3 is 10.1 Å². The number of para-hydroxylation sites is 1. The van der Waals surface area contributed by atoms with Gasteiger partial charge in [0, 0.05) is 18.9 Å². The first-order valence-electron chi connectivity index (χ1n) is 5.92. The normalized spacial score (nSPS) is 12.8. The van der Waals surface area contributed by atoms with Gasteiger partial charge in [-0.05, 0) is 18.2 Å². The second kappa shape index (κ2) is 4.93. The molecule has 0 aliphatic carbocycles. The third-order valence-corrected chi connectivity index (χ3v) is 2.71. The maximum absolute atomic E-state index is 12.2. The van der Waals surface area contributed by atoms with Crippen LogP contribution in [0.1, 0.15) is 10.4 Å². The molecule has 1 aliphatic heterocycles. The van der Waals surface area contributed by atoms with Gasteiger partial charge >= 0.3 is 0 Å². The Morgan fingerprint density at radius 1 is 1.26 bits per heavy atom. The molecule has 1 amide bonds. The molecule has 6 nitrogen and oxygen atoms in total. The van der Waals surface area contributed by atoms with Crippen LogP contribution in [0.5, 0.6) is 5.75 Å². The van der Waals surface area contributed by atoms with E-state index in [4.69, 9.17) is 4.74 Å². The van der Waals surface area contributed by atoms with Crippen LogP contribution in [-0.4, -0.2) is 29.0 Å². The summed E-state index contributed by atoms with van der Waals surface area (Å²) >= 11 is 0. The number of hydrogen-bond acceptors (Lipinski definition) is 5. The Bertz CT molecular complexity index is 601. The molecule has 2 heterocycles. The molecule has 0 fully saturated rings. The van der Waals surface area contributed by atoms with Gasteiger partial charge in [-0.15, -0.1) is 0 Å². The molecule has 1 aromatic heterocycles. The van der Waals surface area contributed by atoms with Crippen LogP contribution in [0.2, 0.25) is 0 Å². The maximum atomic E-state index is 12.2. The van der Waals surface area contributed by atoms with Crippen molar-refractivity contribution in [2.45, 2.75) is 0 Å². The Morgan fingerprint density at radius 3 is 2.95 bits per heavy atom. The Balaban J connectivity index is 1.88. The number of aromatic nitrogens is 2. The van der Waals surface area contributed by atoms with Gasteiger partial charge in [0.1, 0.15) is 6.61 Å². The lowest BCUT2D eigenvalue weighted by molar-refractivity contribution is 0.102. The van der Waals surface area contributed by atoms with Gasteiger partial charge in [-0.2, -0.15) is 0 Å². The number of amides is 1. The van der Waals surface area contributed by atoms with Crippen LogP contribution in [0.15, 0.2) is 36.7 Å². The molecule has 0 spiro atoms. The van der Waals surface area contributed by atoms with Gasteiger partial charge in [-0.25, -0.2) is 9.97 Å². The highest BCUT2D eigenvalue weighted by Gasteiger charge is 2.19. The minimum Gasteiger partial charge on any atom is -0.489 e. The summed E-state index contributed by atoms with van der Waals surface area (Å²) in [6, 6.07) is 7.09. The fourth-order valence-corrected chi connectivity index (χ4v) is 1.88. The van der Waals surface area contributed by atoms with Crippen molar-refractivity contribution in [3.63, 3.8) is 0 Å². The SMILES string of the molecule is O=C(Nc1ncccn1)c1cccc2c1OCCN2. The number of ether oxygens (including phenoxy) is 1. The Labute approximate surface area is 109 Å². The molecule has 0 atom stereocenters. The number of fused-ring (bicyclic) bond motifs is 1.